The van der Waals surface area contributed by atoms with Gasteiger partial charge in [0.1, 0.15) is 0 Å². The molecule has 0 amide bonds. The van der Waals surface area contributed by atoms with Gasteiger partial charge in [0.2, 0.25) is 0 Å². The molecular weight excluding hydrogens is 196 g/mol. The van der Waals surface area contributed by atoms with Crippen LogP contribution in [-0.2, 0) is 0 Å². The molecule has 3 atom stereocenters. The molecule has 0 saturated heterocycles. The standard InChI is InChI=1S/C15H24O/c1-10(2)12-8-13-11(3)6-5-7-15(13,4)9-14(12)16/h6,13-14,16H,5,7-9H2,1-4H3/t13-,14-,15-/m1/s1. The van der Waals surface area contributed by atoms with E-state index >= 15 is 0 Å². The first-order chi connectivity index (χ1) is 7.44. The number of rotatable bonds is 0. The largest absolute Gasteiger partial charge is 0.389 e. The number of hydrogen-bond donors (Lipinski definition) is 1. The van der Waals surface area contributed by atoms with Gasteiger partial charge in [-0.05, 0) is 63.4 Å². The van der Waals surface area contributed by atoms with E-state index in [-0.39, 0.29) is 6.10 Å². The van der Waals surface area contributed by atoms with Gasteiger partial charge in [-0.3, -0.25) is 0 Å². The van der Waals surface area contributed by atoms with Crippen LogP contribution >= 0.6 is 0 Å². The summed E-state index contributed by atoms with van der Waals surface area (Å²) in [7, 11) is 0. The molecule has 0 spiro atoms. The average Bonchev–Trinajstić information content (AvgIpc) is 2.15. The summed E-state index contributed by atoms with van der Waals surface area (Å²) in [6.45, 7) is 8.88. The molecule has 2 rings (SSSR count). The Kier molecular flexibility index (Phi) is 3.00. The van der Waals surface area contributed by atoms with Crippen LogP contribution in [0, 0.1) is 11.3 Å². The molecule has 1 fully saturated rings. The molecule has 0 bridgehead atoms. The van der Waals surface area contributed by atoms with Crippen molar-refractivity contribution >= 4 is 0 Å². The summed E-state index contributed by atoms with van der Waals surface area (Å²) >= 11 is 0. The number of aliphatic hydroxyl groups excluding tert-OH is 1. The smallest absolute Gasteiger partial charge is 0.0758 e. The Hall–Kier alpha value is -0.560. The van der Waals surface area contributed by atoms with Gasteiger partial charge in [-0.15, -0.1) is 0 Å². The van der Waals surface area contributed by atoms with Gasteiger partial charge < -0.3 is 5.11 Å². The molecule has 16 heavy (non-hydrogen) atoms. The van der Waals surface area contributed by atoms with E-state index in [1.807, 2.05) is 0 Å². The lowest BCUT2D eigenvalue weighted by molar-refractivity contribution is 0.0523. The van der Waals surface area contributed by atoms with Gasteiger partial charge in [0.05, 0.1) is 6.10 Å². The lowest BCUT2D eigenvalue weighted by Crippen LogP contribution is -2.40. The van der Waals surface area contributed by atoms with Crippen LogP contribution in [0.4, 0.5) is 0 Å². The maximum Gasteiger partial charge on any atom is 0.0758 e. The van der Waals surface area contributed by atoms with Crippen LogP contribution in [0.15, 0.2) is 22.8 Å². The Morgan fingerprint density at radius 2 is 2.12 bits per heavy atom. The summed E-state index contributed by atoms with van der Waals surface area (Å²) in [5.41, 5.74) is 4.47. The van der Waals surface area contributed by atoms with Crippen LogP contribution in [0.25, 0.3) is 0 Å². The Morgan fingerprint density at radius 3 is 2.75 bits per heavy atom. The number of aliphatic hydroxyl groups is 1. The maximum atomic E-state index is 10.3. The summed E-state index contributed by atoms with van der Waals surface area (Å²) in [6, 6.07) is 0. The average molecular weight is 220 g/mol. The first kappa shape index (κ1) is 11.9. The molecule has 1 N–H and O–H groups in total. The molecule has 0 aromatic heterocycles. The highest BCUT2D eigenvalue weighted by atomic mass is 16.3. The summed E-state index contributed by atoms with van der Waals surface area (Å²) in [6.07, 6.45) is 6.65. The fraction of sp³-hybridized carbons (Fsp3) is 0.733. The van der Waals surface area contributed by atoms with Crippen molar-refractivity contribution in [1.29, 1.82) is 0 Å². The van der Waals surface area contributed by atoms with Crippen molar-refractivity contribution in [2.75, 3.05) is 0 Å². The molecule has 90 valence electrons. The summed E-state index contributed by atoms with van der Waals surface area (Å²) in [4.78, 5) is 0. The Morgan fingerprint density at radius 1 is 1.44 bits per heavy atom. The minimum atomic E-state index is -0.197. The third kappa shape index (κ3) is 1.86. The van der Waals surface area contributed by atoms with Crippen molar-refractivity contribution in [3.05, 3.63) is 22.8 Å². The molecule has 2 aliphatic rings. The minimum Gasteiger partial charge on any atom is -0.389 e. The second-order valence-electron chi connectivity index (χ2n) is 6.14. The van der Waals surface area contributed by atoms with Gasteiger partial charge >= 0.3 is 0 Å². The quantitative estimate of drug-likeness (QED) is 0.615. The van der Waals surface area contributed by atoms with Crippen LogP contribution in [0.1, 0.15) is 53.4 Å². The Balaban J connectivity index is 2.33. The van der Waals surface area contributed by atoms with Crippen molar-refractivity contribution in [1.82, 2.24) is 0 Å². The van der Waals surface area contributed by atoms with Crippen molar-refractivity contribution in [3.63, 3.8) is 0 Å². The first-order valence-corrected chi connectivity index (χ1v) is 6.45. The molecule has 0 aromatic rings. The van der Waals surface area contributed by atoms with Crippen molar-refractivity contribution in [3.8, 4) is 0 Å². The maximum absolute atomic E-state index is 10.3. The number of hydrogen-bond acceptors (Lipinski definition) is 1. The van der Waals surface area contributed by atoms with Crippen LogP contribution in [0.2, 0.25) is 0 Å². The van der Waals surface area contributed by atoms with E-state index in [0.29, 0.717) is 11.3 Å². The topological polar surface area (TPSA) is 20.2 Å². The molecular formula is C15H24O. The highest BCUT2D eigenvalue weighted by Gasteiger charge is 2.43. The second-order valence-corrected chi connectivity index (χ2v) is 6.14. The predicted octanol–water partition coefficient (Wildman–Crippen LogP) is 3.84. The van der Waals surface area contributed by atoms with E-state index in [4.69, 9.17) is 0 Å². The summed E-state index contributed by atoms with van der Waals surface area (Å²) in [5.74, 6) is 0.662. The van der Waals surface area contributed by atoms with E-state index in [2.05, 4.69) is 33.8 Å². The van der Waals surface area contributed by atoms with Gasteiger partial charge in [0.25, 0.3) is 0 Å². The van der Waals surface area contributed by atoms with E-state index < -0.39 is 0 Å². The lowest BCUT2D eigenvalue weighted by atomic mass is 9.58. The zero-order valence-electron chi connectivity index (χ0n) is 11.0. The molecule has 1 nitrogen and oxygen atoms in total. The van der Waals surface area contributed by atoms with E-state index in [1.54, 1.807) is 5.57 Å². The van der Waals surface area contributed by atoms with Crippen molar-refractivity contribution in [2.45, 2.75) is 59.5 Å². The SMILES string of the molecule is CC1=CCC[C@]2(C)C[C@@H](O)C(=C(C)C)C[C@H]12. The molecule has 1 heteroatoms. The summed E-state index contributed by atoms with van der Waals surface area (Å²) < 4.78 is 0. The molecule has 2 aliphatic carbocycles. The minimum absolute atomic E-state index is 0.197. The second kappa shape index (κ2) is 4.03. The summed E-state index contributed by atoms with van der Waals surface area (Å²) in [5, 5.41) is 10.3. The normalized spacial score (nSPS) is 39.1. The zero-order chi connectivity index (χ0) is 11.9. The molecule has 0 aliphatic heterocycles. The van der Waals surface area contributed by atoms with Gasteiger partial charge in [0, 0.05) is 0 Å². The molecule has 0 unspecified atom stereocenters. The third-order valence-corrected chi connectivity index (χ3v) is 4.70. The molecule has 0 radical (unpaired) electrons. The Bertz CT molecular complexity index is 346. The third-order valence-electron chi connectivity index (χ3n) is 4.70. The monoisotopic (exact) mass is 220 g/mol. The van der Waals surface area contributed by atoms with Crippen LogP contribution < -0.4 is 0 Å². The fourth-order valence-corrected chi connectivity index (χ4v) is 3.61. The van der Waals surface area contributed by atoms with Crippen molar-refractivity contribution in [2.24, 2.45) is 11.3 Å². The number of fused-ring (bicyclic) bond motifs is 1. The van der Waals surface area contributed by atoms with Gasteiger partial charge in [-0.1, -0.05) is 24.1 Å². The molecule has 1 saturated carbocycles. The predicted molar refractivity (Wildman–Crippen MR) is 68.2 cm³/mol. The zero-order valence-corrected chi connectivity index (χ0v) is 11.0. The van der Waals surface area contributed by atoms with Crippen molar-refractivity contribution < 1.29 is 5.11 Å². The van der Waals surface area contributed by atoms with Gasteiger partial charge in [-0.25, -0.2) is 0 Å². The highest BCUT2D eigenvalue weighted by molar-refractivity contribution is 5.26. The van der Waals surface area contributed by atoms with E-state index in [1.165, 1.54) is 24.0 Å². The number of allylic oxidation sites excluding steroid dienone is 3. The van der Waals surface area contributed by atoms with E-state index in [9.17, 15) is 5.11 Å². The van der Waals surface area contributed by atoms with E-state index in [0.717, 1.165) is 12.8 Å². The highest BCUT2D eigenvalue weighted by Crippen LogP contribution is 2.52. The first-order valence-electron chi connectivity index (χ1n) is 6.45. The van der Waals surface area contributed by atoms with Gasteiger partial charge in [0.15, 0.2) is 0 Å². The molecule has 0 aromatic carbocycles. The van der Waals surface area contributed by atoms with Gasteiger partial charge in [-0.2, -0.15) is 0 Å². The van der Waals surface area contributed by atoms with Crippen LogP contribution in [0.3, 0.4) is 0 Å². The van der Waals surface area contributed by atoms with Crippen LogP contribution in [-0.4, -0.2) is 11.2 Å². The fourth-order valence-electron chi connectivity index (χ4n) is 3.61. The Labute approximate surface area is 99.3 Å². The molecule has 0 heterocycles. The van der Waals surface area contributed by atoms with Crippen LogP contribution in [0.5, 0.6) is 0 Å². The lowest BCUT2D eigenvalue weighted by Gasteiger charge is -2.48.